The number of carboxylic acid groups (broad SMARTS) is 2. The maximum Gasteiger partial charge on any atom is 4.00 e. The molecule has 0 saturated carbocycles. The molecule has 1 N–H and O–H groups in total. The topological polar surface area (TPSA) is 117 Å². The van der Waals surface area contributed by atoms with Crippen molar-refractivity contribution in [1.82, 2.24) is 0 Å². The van der Waals surface area contributed by atoms with Crippen molar-refractivity contribution in [2.75, 3.05) is 0 Å². The Kier molecular flexibility index (Phi) is 113. The van der Waals surface area contributed by atoms with Crippen molar-refractivity contribution < 1.29 is 77.2 Å². The normalized spacial score (nSPS) is 3.00. The fourth-order valence-electron chi connectivity index (χ4n) is 0. The smallest absolute Gasteiger partial charge is 2.00 e. The molecule has 0 saturated heterocycles. The zero-order valence-corrected chi connectivity index (χ0v) is 7.64. The van der Waals surface area contributed by atoms with Gasteiger partial charge in [-0.3, -0.25) is 0 Å². The SMILES string of the molecule is O=C([O-])O.[Na+].[O-2].[O-2].[Ti+4]. The summed E-state index contributed by atoms with van der Waals surface area (Å²) >= 11 is 0. The molecular formula is CHNaO5Ti. The van der Waals surface area contributed by atoms with Crippen LogP contribution in [-0.2, 0) is 32.7 Å². The molecule has 0 unspecified atom stereocenters. The monoisotopic (exact) mass is 164 g/mol. The van der Waals surface area contributed by atoms with Gasteiger partial charge >= 0.3 is 51.3 Å². The molecule has 0 bridgehead atoms. The average Bonchev–Trinajstić information content (AvgIpc) is 0.811. The summed E-state index contributed by atoms with van der Waals surface area (Å²) in [5.74, 6) is 0. The van der Waals surface area contributed by atoms with Gasteiger partial charge in [-0.1, -0.05) is 0 Å². The summed E-state index contributed by atoms with van der Waals surface area (Å²) in [5, 5.41) is 15.3. The Morgan fingerprint density at radius 1 is 1.38 bits per heavy atom. The van der Waals surface area contributed by atoms with Crippen LogP contribution in [0.25, 0.3) is 0 Å². The first kappa shape index (κ1) is 36.5. The van der Waals surface area contributed by atoms with E-state index in [4.69, 9.17) is 15.0 Å². The molecule has 5 nitrogen and oxygen atoms in total. The molecule has 0 aromatic heterocycles. The molecule has 0 spiro atoms. The molecule has 0 aromatic carbocycles. The first-order chi connectivity index (χ1) is 1.73. The maximum atomic E-state index is 8.44. The van der Waals surface area contributed by atoms with Crippen LogP contribution in [0.5, 0.6) is 0 Å². The largest absolute Gasteiger partial charge is 4.00 e. The van der Waals surface area contributed by atoms with Gasteiger partial charge in [-0.2, -0.15) is 0 Å². The van der Waals surface area contributed by atoms with E-state index < -0.39 is 6.16 Å². The van der Waals surface area contributed by atoms with Gasteiger partial charge in [0.15, 0.2) is 0 Å². The van der Waals surface area contributed by atoms with Crippen LogP contribution in [-0.4, -0.2) is 11.3 Å². The minimum Gasteiger partial charge on any atom is -2.00 e. The van der Waals surface area contributed by atoms with Crippen LogP contribution >= 0.6 is 0 Å². The molecule has 0 aliphatic heterocycles. The second kappa shape index (κ2) is 24.7. The van der Waals surface area contributed by atoms with Crippen LogP contribution in [0.1, 0.15) is 0 Å². The van der Waals surface area contributed by atoms with Crippen molar-refractivity contribution in [1.29, 1.82) is 0 Å². The first-order valence-corrected chi connectivity index (χ1v) is 0.632. The molecule has 0 aromatic rings. The van der Waals surface area contributed by atoms with Crippen LogP contribution in [0.2, 0.25) is 0 Å². The van der Waals surface area contributed by atoms with Gasteiger partial charge in [0.1, 0.15) is 0 Å². The third-order valence-electron chi connectivity index (χ3n) is 0. The van der Waals surface area contributed by atoms with Crippen molar-refractivity contribution in [3.63, 3.8) is 0 Å². The second-order valence-electron chi connectivity index (χ2n) is 0.266. The minimum atomic E-state index is -2.08. The Hall–Kier alpha value is 0.904. The van der Waals surface area contributed by atoms with Crippen LogP contribution < -0.4 is 34.7 Å². The van der Waals surface area contributed by atoms with Crippen LogP contribution in [0.3, 0.4) is 0 Å². The number of hydrogen-bond acceptors (Lipinski definition) is 2. The summed E-state index contributed by atoms with van der Waals surface area (Å²) in [7, 11) is 0. The fraction of sp³-hybridized carbons (Fsp3) is 0. The van der Waals surface area contributed by atoms with E-state index in [1.54, 1.807) is 0 Å². The number of carbonyl (C=O) groups is 1. The molecule has 0 rings (SSSR count). The first-order valence-electron chi connectivity index (χ1n) is 0.632. The van der Waals surface area contributed by atoms with Gasteiger partial charge < -0.3 is 26.0 Å². The van der Waals surface area contributed by atoms with Gasteiger partial charge in [-0.15, -0.1) is 0 Å². The Labute approximate surface area is 82.9 Å². The van der Waals surface area contributed by atoms with Crippen LogP contribution in [0.15, 0.2) is 0 Å². The Morgan fingerprint density at radius 3 is 1.38 bits per heavy atom. The number of hydrogen-bond donors (Lipinski definition) is 1. The summed E-state index contributed by atoms with van der Waals surface area (Å²) in [6, 6.07) is 0. The van der Waals surface area contributed by atoms with E-state index >= 15 is 0 Å². The molecule has 0 aliphatic carbocycles. The van der Waals surface area contributed by atoms with E-state index in [-0.39, 0.29) is 62.2 Å². The molecule has 0 heterocycles. The zero-order chi connectivity index (χ0) is 3.58. The summed E-state index contributed by atoms with van der Waals surface area (Å²) in [6.45, 7) is 0. The molecule has 7 heteroatoms. The third-order valence-corrected chi connectivity index (χ3v) is 0. The van der Waals surface area contributed by atoms with Crippen molar-refractivity contribution in [2.24, 2.45) is 0 Å². The molecule has 0 atom stereocenters. The maximum absolute atomic E-state index is 8.44. The molecule has 0 fully saturated rings. The Bertz CT molecular complexity index is 35.4. The summed E-state index contributed by atoms with van der Waals surface area (Å²) < 4.78 is 0. The average molecular weight is 164 g/mol. The Balaban J connectivity index is -0.00000000750. The van der Waals surface area contributed by atoms with E-state index in [1.165, 1.54) is 0 Å². The van der Waals surface area contributed by atoms with Gasteiger partial charge in [0.05, 0.1) is 0 Å². The van der Waals surface area contributed by atoms with Crippen LogP contribution in [0, 0.1) is 0 Å². The van der Waals surface area contributed by atoms with Gasteiger partial charge in [0.25, 0.3) is 0 Å². The van der Waals surface area contributed by atoms with E-state index in [2.05, 4.69) is 0 Å². The van der Waals surface area contributed by atoms with Crippen molar-refractivity contribution in [3.05, 3.63) is 0 Å². The number of rotatable bonds is 0. The van der Waals surface area contributed by atoms with Gasteiger partial charge in [-0.25, -0.2) is 0 Å². The molecule has 0 radical (unpaired) electrons. The predicted octanol–water partition coefficient (Wildman–Crippen LogP) is -4.35. The Morgan fingerprint density at radius 2 is 1.38 bits per heavy atom. The van der Waals surface area contributed by atoms with E-state index in [0.29, 0.717) is 0 Å². The quantitative estimate of drug-likeness (QED) is 0.364. The van der Waals surface area contributed by atoms with Crippen LogP contribution in [0.4, 0.5) is 4.79 Å². The molecule has 0 aliphatic rings. The zero-order valence-electron chi connectivity index (χ0n) is 4.08. The molecule has 0 amide bonds. The van der Waals surface area contributed by atoms with Crippen molar-refractivity contribution in [3.8, 4) is 0 Å². The van der Waals surface area contributed by atoms with E-state index in [0.717, 1.165) is 0 Å². The predicted molar refractivity (Wildman–Crippen MR) is 9.40 cm³/mol. The van der Waals surface area contributed by atoms with Crippen molar-refractivity contribution in [2.45, 2.75) is 0 Å². The molecule has 8 heavy (non-hydrogen) atoms. The molecule has 40 valence electrons. The van der Waals surface area contributed by atoms with E-state index in [1.807, 2.05) is 0 Å². The second-order valence-corrected chi connectivity index (χ2v) is 0.266. The summed E-state index contributed by atoms with van der Waals surface area (Å²) in [5.41, 5.74) is 0. The van der Waals surface area contributed by atoms with Crippen molar-refractivity contribution >= 4 is 6.16 Å². The molecular weight excluding hydrogens is 163 g/mol. The summed E-state index contributed by atoms with van der Waals surface area (Å²) in [4.78, 5) is 8.44. The van der Waals surface area contributed by atoms with Gasteiger partial charge in [0, 0.05) is 0 Å². The van der Waals surface area contributed by atoms with E-state index in [9.17, 15) is 0 Å². The minimum absolute atomic E-state index is 0. The standard InChI is InChI=1S/CH2O3.Na.2O.Ti/c2-1(3)4;;;;/h(H2,2,3,4);;;;/q;+1;2*-2;+4/p-1. The van der Waals surface area contributed by atoms with Gasteiger partial charge in [-0.05, 0) is 0 Å². The fourth-order valence-corrected chi connectivity index (χ4v) is 0. The van der Waals surface area contributed by atoms with Gasteiger partial charge in [0.2, 0.25) is 6.16 Å². The summed E-state index contributed by atoms with van der Waals surface area (Å²) in [6.07, 6.45) is -2.08. The third kappa shape index (κ3) is 294.